The average Bonchev–Trinajstić information content (AvgIpc) is 2.89. The Bertz CT molecular complexity index is 810. The van der Waals surface area contributed by atoms with E-state index in [2.05, 4.69) is 20.8 Å². The van der Waals surface area contributed by atoms with E-state index in [-0.39, 0.29) is 53.0 Å². The molecule has 4 aliphatic carbocycles. The first-order valence-electron chi connectivity index (χ1n) is 10.9. The summed E-state index contributed by atoms with van der Waals surface area (Å²) in [6, 6.07) is 0. The van der Waals surface area contributed by atoms with Crippen LogP contribution in [-0.2, 0) is 14.4 Å². The van der Waals surface area contributed by atoms with Gasteiger partial charge in [-0.1, -0.05) is 32.4 Å². The highest BCUT2D eigenvalue weighted by Gasteiger charge is 2.64. The number of fused-ring (bicyclic) bond motifs is 5. The van der Waals surface area contributed by atoms with Crippen LogP contribution < -0.4 is 0 Å². The number of allylic oxidation sites excluding steroid dienone is 4. The van der Waals surface area contributed by atoms with E-state index in [0.29, 0.717) is 18.3 Å². The Labute approximate surface area is 172 Å². The molecule has 0 radical (unpaired) electrons. The lowest BCUT2D eigenvalue weighted by Gasteiger charge is -2.58. The molecule has 0 unspecified atom stereocenters. The molecule has 5 nitrogen and oxygen atoms in total. The summed E-state index contributed by atoms with van der Waals surface area (Å²) in [7, 11) is 0. The van der Waals surface area contributed by atoms with Gasteiger partial charge in [-0.15, -0.1) is 0 Å². The lowest BCUT2D eigenvalue weighted by atomic mass is 9.46. The van der Waals surface area contributed by atoms with Crippen LogP contribution in [0.25, 0.3) is 0 Å². The molecule has 0 saturated heterocycles. The molecule has 0 bridgehead atoms. The summed E-state index contributed by atoms with van der Waals surface area (Å²) < 4.78 is 0. The molecule has 0 spiro atoms. The Kier molecular flexibility index (Phi) is 4.88. The monoisotopic (exact) mass is 400 g/mol. The van der Waals surface area contributed by atoms with Gasteiger partial charge < -0.3 is 10.2 Å². The van der Waals surface area contributed by atoms with Gasteiger partial charge in [0.1, 0.15) is 5.78 Å². The number of aliphatic carboxylic acids is 1. The van der Waals surface area contributed by atoms with E-state index >= 15 is 0 Å². The fourth-order valence-electron chi connectivity index (χ4n) is 7.76. The molecular formula is C24H32O5. The highest BCUT2D eigenvalue weighted by molar-refractivity contribution is 6.01. The topological polar surface area (TPSA) is 91.7 Å². The second-order valence-corrected chi connectivity index (χ2v) is 10.4. The maximum atomic E-state index is 13.0. The standard InChI is InChI=1S/C24H32O5/c1-13-10-17-16-5-4-14-11-15(25)8-9-23(14,2)22(16)19(27)12-24(17,3)21(13)18(26)6-7-20(28)29/h8-9,11,13,16-17,19,21-22,27H,4-7,10,12H2,1-3H3,(H,28,29)/t13-,16+,17+,19+,21-,22-,23+,24+/m1/s1. The van der Waals surface area contributed by atoms with Gasteiger partial charge in [-0.3, -0.25) is 14.4 Å². The third-order valence-corrected chi connectivity index (χ3v) is 8.77. The predicted molar refractivity (Wildman–Crippen MR) is 108 cm³/mol. The quantitative estimate of drug-likeness (QED) is 0.753. The zero-order chi connectivity index (χ0) is 21.1. The van der Waals surface area contributed by atoms with Crippen LogP contribution in [0.1, 0.15) is 59.3 Å². The van der Waals surface area contributed by atoms with E-state index in [0.717, 1.165) is 24.8 Å². The molecule has 0 aliphatic heterocycles. The van der Waals surface area contributed by atoms with Crippen LogP contribution in [0.4, 0.5) is 0 Å². The molecule has 0 aromatic rings. The minimum Gasteiger partial charge on any atom is -0.481 e. The summed E-state index contributed by atoms with van der Waals surface area (Å²) in [6.07, 6.45) is 8.13. The fourth-order valence-corrected chi connectivity index (χ4v) is 7.76. The fraction of sp³-hybridized carbons (Fsp3) is 0.708. The number of hydrogen-bond donors (Lipinski definition) is 2. The second-order valence-electron chi connectivity index (χ2n) is 10.4. The summed E-state index contributed by atoms with van der Waals surface area (Å²) in [5, 5.41) is 20.3. The molecule has 0 aromatic carbocycles. The number of aliphatic hydroxyl groups excluding tert-OH is 1. The van der Waals surface area contributed by atoms with Crippen molar-refractivity contribution in [3.63, 3.8) is 0 Å². The zero-order valence-electron chi connectivity index (χ0n) is 17.6. The summed E-state index contributed by atoms with van der Waals surface area (Å²) in [5.74, 6) is -0.137. The molecule has 4 aliphatic rings. The van der Waals surface area contributed by atoms with Gasteiger partial charge >= 0.3 is 5.97 Å². The van der Waals surface area contributed by atoms with Crippen LogP contribution >= 0.6 is 0 Å². The number of carbonyl (C=O) groups is 3. The molecule has 5 heteroatoms. The van der Waals surface area contributed by atoms with Crippen molar-refractivity contribution >= 4 is 17.5 Å². The van der Waals surface area contributed by atoms with Gasteiger partial charge in [0.25, 0.3) is 0 Å². The van der Waals surface area contributed by atoms with Crippen molar-refractivity contribution < 1.29 is 24.6 Å². The Morgan fingerprint density at radius 2 is 1.97 bits per heavy atom. The number of Topliss-reactive ketones (excluding diaryl/α,β-unsaturated/α-hetero) is 1. The third kappa shape index (κ3) is 3.04. The van der Waals surface area contributed by atoms with Gasteiger partial charge in [0.15, 0.2) is 5.78 Å². The smallest absolute Gasteiger partial charge is 0.303 e. The second kappa shape index (κ2) is 6.90. The van der Waals surface area contributed by atoms with Gasteiger partial charge in [0.2, 0.25) is 0 Å². The van der Waals surface area contributed by atoms with Gasteiger partial charge in [-0.25, -0.2) is 0 Å². The molecular weight excluding hydrogens is 368 g/mol. The molecule has 0 amide bonds. The zero-order valence-corrected chi connectivity index (χ0v) is 17.6. The van der Waals surface area contributed by atoms with Crippen LogP contribution in [0, 0.1) is 40.4 Å². The summed E-state index contributed by atoms with van der Waals surface area (Å²) >= 11 is 0. The lowest BCUT2D eigenvalue weighted by molar-refractivity contribution is -0.144. The van der Waals surface area contributed by atoms with Crippen molar-refractivity contribution in [2.45, 2.75) is 65.4 Å². The molecule has 3 saturated carbocycles. The first-order valence-corrected chi connectivity index (χ1v) is 10.9. The molecule has 0 heterocycles. The maximum Gasteiger partial charge on any atom is 0.303 e. The summed E-state index contributed by atoms with van der Waals surface area (Å²) in [5.41, 5.74) is 0.544. The largest absolute Gasteiger partial charge is 0.481 e. The van der Waals surface area contributed by atoms with Gasteiger partial charge in [-0.05, 0) is 61.0 Å². The number of carboxylic acid groups (broad SMARTS) is 1. The molecule has 0 aromatic heterocycles. The molecule has 3 fully saturated rings. The Hall–Kier alpha value is -1.75. The number of rotatable bonds is 4. The molecule has 29 heavy (non-hydrogen) atoms. The highest BCUT2D eigenvalue weighted by atomic mass is 16.4. The SMILES string of the molecule is C[C@@H]1C[C@H]2[C@@H]3CCC4=CC(=O)C=C[C@]4(C)[C@H]3[C@@H](O)C[C@]2(C)[C@H]1C(=O)CCC(=O)O. The lowest BCUT2D eigenvalue weighted by Crippen LogP contribution is -2.56. The van der Waals surface area contributed by atoms with Gasteiger partial charge in [0.05, 0.1) is 12.5 Å². The van der Waals surface area contributed by atoms with Crippen LogP contribution in [0.2, 0.25) is 0 Å². The van der Waals surface area contributed by atoms with Crippen LogP contribution in [0.3, 0.4) is 0 Å². The van der Waals surface area contributed by atoms with E-state index < -0.39 is 12.1 Å². The average molecular weight is 401 g/mol. The minimum absolute atomic E-state index is 0.0321. The van der Waals surface area contributed by atoms with E-state index in [1.165, 1.54) is 0 Å². The normalized spacial score (nSPS) is 45.8. The first kappa shape index (κ1) is 20.5. The Balaban J connectivity index is 1.65. The van der Waals surface area contributed by atoms with Crippen molar-refractivity contribution in [1.29, 1.82) is 0 Å². The van der Waals surface area contributed by atoms with E-state index in [1.807, 2.05) is 6.08 Å². The van der Waals surface area contributed by atoms with Crippen molar-refractivity contribution in [3.05, 3.63) is 23.8 Å². The van der Waals surface area contributed by atoms with E-state index in [9.17, 15) is 19.5 Å². The van der Waals surface area contributed by atoms with Crippen molar-refractivity contribution in [1.82, 2.24) is 0 Å². The van der Waals surface area contributed by atoms with Crippen LogP contribution in [0.15, 0.2) is 23.8 Å². The molecule has 158 valence electrons. The Morgan fingerprint density at radius 1 is 1.24 bits per heavy atom. The van der Waals surface area contributed by atoms with Crippen molar-refractivity contribution in [2.75, 3.05) is 0 Å². The van der Waals surface area contributed by atoms with Crippen molar-refractivity contribution in [3.8, 4) is 0 Å². The van der Waals surface area contributed by atoms with E-state index in [4.69, 9.17) is 5.11 Å². The van der Waals surface area contributed by atoms with Gasteiger partial charge in [0, 0.05) is 23.7 Å². The summed E-state index contributed by atoms with van der Waals surface area (Å²) in [6.45, 7) is 6.42. The number of carboxylic acids is 1. The number of aliphatic hydroxyl groups is 1. The number of ketones is 2. The predicted octanol–water partition coefficient (Wildman–Crippen LogP) is 3.56. The molecule has 2 N–H and O–H groups in total. The van der Waals surface area contributed by atoms with Crippen LogP contribution in [0.5, 0.6) is 0 Å². The van der Waals surface area contributed by atoms with E-state index in [1.54, 1.807) is 12.2 Å². The first-order chi connectivity index (χ1) is 13.6. The maximum absolute atomic E-state index is 13.0. The number of hydrogen-bond acceptors (Lipinski definition) is 4. The third-order valence-electron chi connectivity index (χ3n) is 8.77. The molecule has 8 atom stereocenters. The minimum atomic E-state index is -0.937. The van der Waals surface area contributed by atoms with Crippen LogP contribution in [-0.4, -0.2) is 33.9 Å². The Morgan fingerprint density at radius 3 is 2.66 bits per heavy atom. The van der Waals surface area contributed by atoms with Crippen molar-refractivity contribution in [2.24, 2.45) is 40.4 Å². The highest BCUT2D eigenvalue weighted by Crippen LogP contribution is 2.67. The molecule has 4 rings (SSSR count). The number of carbonyl (C=O) groups excluding carboxylic acids is 2. The summed E-state index contributed by atoms with van der Waals surface area (Å²) in [4.78, 5) is 35.9. The van der Waals surface area contributed by atoms with Gasteiger partial charge in [-0.2, -0.15) is 0 Å².